The quantitative estimate of drug-likeness (QED) is 0.912. The van der Waals surface area contributed by atoms with E-state index in [9.17, 15) is 4.79 Å². The highest BCUT2D eigenvalue weighted by molar-refractivity contribution is 5.91. The summed E-state index contributed by atoms with van der Waals surface area (Å²) < 4.78 is 7.45. The van der Waals surface area contributed by atoms with Gasteiger partial charge in [-0.05, 0) is 45.4 Å². The molecule has 0 aliphatic rings. The summed E-state index contributed by atoms with van der Waals surface area (Å²) in [6.45, 7) is 8.49. The summed E-state index contributed by atoms with van der Waals surface area (Å²) in [5.74, 6) is 0.909. The van der Waals surface area contributed by atoms with E-state index < -0.39 is 0 Å². The SMILES string of the molecule is CCC(C)NC(=O)c1ccc(Cn2nc(C)cc2C)o1. The van der Waals surface area contributed by atoms with Crippen molar-refractivity contribution in [3.63, 3.8) is 0 Å². The Balaban J connectivity index is 2.05. The fourth-order valence-electron chi connectivity index (χ4n) is 1.96. The molecule has 1 unspecified atom stereocenters. The second-order valence-electron chi connectivity index (χ2n) is 5.13. The molecule has 5 nitrogen and oxygen atoms in total. The number of rotatable bonds is 5. The van der Waals surface area contributed by atoms with E-state index in [1.807, 2.05) is 44.5 Å². The Kier molecular flexibility index (Phi) is 4.27. The number of aromatic nitrogens is 2. The van der Waals surface area contributed by atoms with Crippen LogP contribution in [0.4, 0.5) is 0 Å². The van der Waals surface area contributed by atoms with Crippen LogP contribution in [0.15, 0.2) is 22.6 Å². The van der Waals surface area contributed by atoms with Gasteiger partial charge in [-0.1, -0.05) is 6.92 Å². The molecule has 1 N–H and O–H groups in total. The molecule has 108 valence electrons. The summed E-state index contributed by atoms with van der Waals surface area (Å²) in [6, 6.07) is 5.69. The number of aryl methyl sites for hydroxylation is 2. The van der Waals surface area contributed by atoms with E-state index in [1.165, 1.54) is 0 Å². The van der Waals surface area contributed by atoms with Crippen LogP contribution in [-0.4, -0.2) is 21.7 Å². The van der Waals surface area contributed by atoms with Gasteiger partial charge in [-0.25, -0.2) is 0 Å². The molecule has 0 saturated heterocycles. The molecule has 20 heavy (non-hydrogen) atoms. The topological polar surface area (TPSA) is 60.1 Å². The standard InChI is InChI=1S/C15H21N3O2/c1-5-10(2)16-15(19)14-7-6-13(20-14)9-18-12(4)8-11(3)17-18/h6-8,10H,5,9H2,1-4H3,(H,16,19). The highest BCUT2D eigenvalue weighted by Gasteiger charge is 2.13. The first kappa shape index (κ1) is 14.4. The monoisotopic (exact) mass is 275 g/mol. The van der Waals surface area contributed by atoms with Crippen molar-refractivity contribution in [1.82, 2.24) is 15.1 Å². The lowest BCUT2D eigenvalue weighted by molar-refractivity contribution is 0.0909. The number of carbonyl (C=O) groups excluding carboxylic acids is 1. The largest absolute Gasteiger partial charge is 0.454 e. The predicted octanol–water partition coefficient (Wildman–Crippen LogP) is 2.67. The normalized spacial score (nSPS) is 12.4. The van der Waals surface area contributed by atoms with Gasteiger partial charge < -0.3 is 9.73 Å². The maximum atomic E-state index is 11.9. The lowest BCUT2D eigenvalue weighted by Crippen LogP contribution is -2.31. The van der Waals surface area contributed by atoms with Gasteiger partial charge in [-0.15, -0.1) is 0 Å². The molecular weight excluding hydrogens is 254 g/mol. The fraction of sp³-hybridized carbons (Fsp3) is 0.467. The van der Waals surface area contributed by atoms with Gasteiger partial charge in [0.05, 0.1) is 12.2 Å². The summed E-state index contributed by atoms with van der Waals surface area (Å²) in [4.78, 5) is 11.9. The molecule has 0 bridgehead atoms. The number of carbonyl (C=O) groups is 1. The third kappa shape index (κ3) is 3.29. The van der Waals surface area contributed by atoms with Crippen molar-refractivity contribution in [2.45, 2.75) is 46.7 Å². The van der Waals surface area contributed by atoms with Crippen molar-refractivity contribution in [3.05, 3.63) is 41.1 Å². The first-order chi connectivity index (χ1) is 9.49. The van der Waals surface area contributed by atoms with Crippen LogP contribution in [0.25, 0.3) is 0 Å². The smallest absolute Gasteiger partial charge is 0.287 e. The summed E-state index contributed by atoms with van der Waals surface area (Å²) in [7, 11) is 0. The molecule has 2 aromatic heterocycles. The molecule has 0 aliphatic heterocycles. The van der Waals surface area contributed by atoms with E-state index in [1.54, 1.807) is 6.07 Å². The molecule has 0 aliphatic carbocycles. The van der Waals surface area contributed by atoms with E-state index in [0.29, 0.717) is 12.3 Å². The Morgan fingerprint density at radius 2 is 2.20 bits per heavy atom. The van der Waals surface area contributed by atoms with Gasteiger partial charge in [-0.2, -0.15) is 5.10 Å². The lowest BCUT2D eigenvalue weighted by Gasteiger charge is -2.09. The van der Waals surface area contributed by atoms with Crippen LogP contribution in [0.1, 0.15) is 48.0 Å². The van der Waals surface area contributed by atoms with Crippen LogP contribution >= 0.6 is 0 Å². The highest BCUT2D eigenvalue weighted by Crippen LogP contribution is 2.12. The minimum absolute atomic E-state index is 0.145. The van der Waals surface area contributed by atoms with Crippen LogP contribution in [0.3, 0.4) is 0 Å². The first-order valence-corrected chi connectivity index (χ1v) is 6.90. The zero-order chi connectivity index (χ0) is 14.7. The molecule has 0 aromatic carbocycles. The number of furan rings is 1. The van der Waals surface area contributed by atoms with Crippen LogP contribution in [0, 0.1) is 13.8 Å². The molecule has 0 spiro atoms. The average molecular weight is 275 g/mol. The predicted molar refractivity (Wildman–Crippen MR) is 76.7 cm³/mol. The van der Waals surface area contributed by atoms with Crippen molar-refractivity contribution < 1.29 is 9.21 Å². The summed E-state index contributed by atoms with van der Waals surface area (Å²) >= 11 is 0. The molecule has 0 radical (unpaired) electrons. The maximum absolute atomic E-state index is 11.9. The Hall–Kier alpha value is -2.04. The summed E-state index contributed by atoms with van der Waals surface area (Å²) in [5.41, 5.74) is 2.05. The number of hydrogen-bond acceptors (Lipinski definition) is 3. The van der Waals surface area contributed by atoms with E-state index in [-0.39, 0.29) is 11.9 Å². The van der Waals surface area contributed by atoms with Gasteiger partial charge in [0.15, 0.2) is 5.76 Å². The van der Waals surface area contributed by atoms with Crippen LogP contribution in [0.2, 0.25) is 0 Å². The summed E-state index contributed by atoms with van der Waals surface area (Å²) in [5, 5.41) is 7.26. The van der Waals surface area contributed by atoms with Gasteiger partial charge in [0.1, 0.15) is 5.76 Å². The zero-order valence-electron chi connectivity index (χ0n) is 12.4. The van der Waals surface area contributed by atoms with Gasteiger partial charge in [0.2, 0.25) is 0 Å². The molecule has 0 saturated carbocycles. The van der Waals surface area contributed by atoms with Gasteiger partial charge in [0, 0.05) is 11.7 Å². The third-order valence-electron chi connectivity index (χ3n) is 3.28. The van der Waals surface area contributed by atoms with Gasteiger partial charge in [0.25, 0.3) is 5.91 Å². The number of nitrogens with zero attached hydrogens (tertiary/aromatic N) is 2. The summed E-state index contributed by atoms with van der Waals surface area (Å²) in [6.07, 6.45) is 0.894. The minimum atomic E-state index is -0.168. The van der Waals surface area contributed by atoms with E-state index in [2.05, 4.69) is 10.4 Å². The van der Waals surface area contributed by atoms with Crippen molar-refractivity contribution in [2.75, 3.05) is 0 Å². The van der Waals surface area contributed by atoms with Crippen molar-refractivity contribution in [3.8, 4) is 0 Å². The molecule has 1 amide bonds. The van der Waals surface area contributed by atoms with Crippen LogP contribution in [0.5, 0.6) is 0 Å². The van der Waals surface area contributed by atoms with Crippen molar-refractivity contribution in [2.24, 2.45) is 0 Å². The zero-order valence-corrected chi connectivity index (χ0v) is 12.4. The third-order valence-corrected chi connectivity index (χ3v) is 3.28. The number of amides is 1. The van der Waals surface area contributed by atoms with E-state index >= 15 is 0 Å². The molecule has 2 aromatic rings. The van der Waals surface area contributed by atoms with Crippen LogP contribution < -0.4 is 5.32 Å². The Morgan fingerprint density at radius 1 is 1.45 bits per heavy atom. The molecule has 2 rings (SSSR count). The Labute approximate surface area is 119 Å². The minimum Gasteiger partial charge on any atom is -0.454 e. The van der Waals surface area contributed by atoms with Crippen LogP contribution in [-0.2, 0) is 6.54 Å². The van der Waals surface area contributed by atoms with Crippen molar-refractivity contribution >= 4 is 5.91 Å². The second-order valence-corrected chi connectivity index (χ2v) is 5.13. The molecule has 5 heteroatoms. The van der Waals surface area contributed by atoms with E-state index in [0.717, 1.165) is 23.6 Å². The first-order valence-electron chi connectivity index (χ1n) is 6.90. The molecular formula is C15H21N3O2. The second kappa shape index (κ2) is 5.94. The molecule has 0 fully saturated rings. The van der Waals surface area contributed by atoms with E-state index in [4.69, 9.17) is 4.42 Å². The maximum Gasteiger partial charge on any atom is 0.287 e. The number of hydrogen-bond donors (Lipinski definition) is 1. The molecule has 1 atom stereocenters. The average Bonchev–Trinajstić information content (AvgIpc) is 2.97. The Morgan fingerprint density at radius 3 is 2.80 bits per heavy atom. The number of nitrogens with one attached hydrogen (secondary N) is 1. The van der Waals surface area contributed by atoms with Gasteiger partial charge in [-0.3, -0.25) is 9.48 Å². The molecule has 2 heterocycles. The fourth-order valence-corrected chi connectivity index (χ4v) is 1.96. The van der Waals surface area contributed by atoms with Crippen molar-refractivity contribution in [1.29, 1.82) is 0 Å². The lowest BCUT2D eigenvalue weighted by atomic mass is 10.2. The van der Waals surface area contributed by atoms with Gasteiger partial charge >= 0.3 is 0 Å². The Bertz CT molecular complexity index is 598. The highest BCUT2D eigenvalue weighted by atomic mass is 16.4.